The zero-order chi connectivity index (χ0) is 19.0. The normalized spacial score (nSPS) is 12.6. The van der Waals surface area contributed by atoms with Gasteiger partial charge in [0, 0.05) is 38.4 Å². The number of benzene rings is 3. The Morgan fingerprint density at radius 3 is 2.04 bits per heavy atom. The Morgan fingerprint density at radius 1 is 0.852 bits per heavy atom. The number of hydrogen-bond donors (Lipinski definition) is 2. The number of anilines is 1. The van der Waals surface area contributed by atoms with Gasteiger partial charge in [-0.1, -0.05) is 46.9 Å². The predicted molar refractivity (Wildman–Crippen MR) is 115 cm³/mol. The van der Waals surface area contributed by atoms with Crippen LogP contribution < -0.4 is 5.32 Å². The van der Waals surface area contributed by atoms with Crippen molar-refractivity contribution in [2.24, 2.45) is 0 Å². The van der Waals surface area contributed by atoms with Crippen LogP contribution in [0.4, 0.5) is 5.69 Å². The fourth-order valence-corrected chi connectivity index (χ4v) is 3.90. The van der Waals surface area contributed by atoms with Crippen LogP contribution in [-0.4, -0.2) is 22.3 Å². The fourth-order valence-electron chi connectivity index (χ4n) is 3.35. The molecule has 0 bridgehead atoms. The third kappa shape index (κ3) is 3.74. The van der Waals surface area contributed by atoms with Crippen LogP contribution in [0.3, 0.4) is 0 Å². The summed E-state index contributed by atoms with van der Waals surface area (Å²) in [6.07, 6.45) is -0.605. The summed E-state index contributed by atoms with van der Waals surface area (Å²) in [5.74, 6) is 0. The zero-order valence-corrected chi connectivity index (χ0v) is 16.6. The number of hydrogen-bond acceptors (Lipinski definition) is 2. The number of aliphatic hydroxyl groups excluding tert-OH is 1. The van der Waals surface area contributed by atoms with Gasteiger partial charge in [-0.25, -0.2) is 0 Å². The van der Waals surface area contributed by atoms with Crippen molar-refractivity contribution in [3.63, 3.8) is 0 Å². The first-order chi connectivity index (χ1) is 13.0. The molecule has 0 radical (unpaired) electrons. The van der Waals surface area contributed by atoms with Crippen LogP contribution in [-0.2, 0) is 6.54 Å². The maximum absolute atomic E-state index is 10.6. The standard InChI is InChI=1S/C21H17Cl3N2O/c22-13-5-7-20-16(9-13)17-10-14(23)6-8-21(17)26(20)12-15(27)11-25-19-4-2-1-3-18(19)24/h1-10,15,25,27H,11-12H2. The number of rotatable bonds is 5. The quantitative estimate of drug-likeness (QED) is 0.402. The molecule has 0 aliphatic carbocycles. The predicted octanol–water partition coefficient (Wildman–Crippen LogP) is 6.23. The van der Waals surface area contributed by atoms with E-state index in [-0.39, 0.29) is 0 Å². The minimum Gasteiger partial charge on any atom is -0.389 e. The Morgan fingerprint density at radius 2 is 1.44 bits per heavy atom. The Hall–Kier alpha value is -1.91. The molecule has 4 rings (SSSR count). The molecule has 27 heavy (non-hydrogen) atoms. The fraction of sp³-hybridized carbons (Fsp3) is 0.143. The molecule has 1 aromatic heterocycles. The molecule has 0 spiro atoms. The van der Waals surface area contributed by atoms with Gasteiger partial charge in [0.05, 0.1) is 23.4 Å². The number of fused-ring (bicyclic) bond motifs is 3. The topological polar surface area (TPSA) is 37.2 Å². The van der Waals surface area contributed by atoms with Crippen LogP contribution in [0, 0.1) is 0 Å². The molecule has 138 valence electrons. The lowest BCUT2D eigenvalue weighted by molar-refractivity contribution is 0.169. The number of nitrogens with zero attached hydrogens (tertiary/aromatic N) is 1. The largest absolute Gasteiger partial charge is 0.389 e. The number of aliphatic hydroxyl groups is 1. The average molecular weight is 420 g/mol. The molecule has 3 aromatic carbocycles. The molecule has 0 saturated carbocycles. The van der Waals surface area contributed by atoms with Crippen LogP contribution in [0.5, 0.6) is 0 Å². The summed E-state index contributed by atoms with van der Waals surface area (Å²) < 4.78 is 2.09. The van der Waals surface area contributed by atoms with E-state index in [0.717, 1.165) is 27.5 Å². The van der Waals surface area contributed by atoms with E-state index >= 15 is 0 Å². The van der Waals surface area contributed by atoms with Crippen molar-refractivity contribution in [2.75, 3.05) is 11.9 Å². The van der Waals surface area contributed by atoms with Gasteiger partial charge in [-0.2, -0.15) is 0 Å². The first-order valence-electron chi connectivity index (χ1n) is 8.56. The number of nitrogens with one attached hydrogen (secondary N) is 1. The van der Waals surface area contributed by atoms with E-state index in [1.807, 2.05) is 60.7 Å². The van der Waals surface area contributed by atoms with E-state index in [2.05, 4.69) is 9.88 Å². The molecule has 0 saturated heterocycles. The summed E-state index contributed by atoms with van der Waals surface area (Å²) in [4.78, 5) is 0. The molecule has 6 heteroatoms. The summed E-state index contributed by atoms with van der Waals surface area (Å²) in [5, 5.41) is 17.8. The van der Waals surface area contributed by atoms with Crippen LogP contribution in [0.2, 0.25) is 15.1 Å². The highest BCUT2D eigenvalue weighted by atomic mass is 35.5. The van der Waals surface area contributed by atoms with Crippen LogP contribution in [0.1, 0.15) is 0 Å². The van der Waals surface area contributed by atoms with Gasteiger partial charge in [-0.05, 0) is 48.5 Å². The van der Waals surface area contributed by atoms with Crippen molar-refractivity contribution in [1.82, 2.24) is 4.57 Å². The maximum Gasteiger partial charge on any atom is 0.0891 e. The van der Waals surface area contributed by atoms with Gasteiger partial charge in [0.15, 0.2) is 0 Å². The van der Waals surface area contributed by atoms with Gasteiger partial charge in [0.1, 0.15) is 0 Å². The SMILES string of the molecule is OC(CNc1ccccc1Cl)Cn1c2ccc(Cl)cc2c2cc(Cl)ccc21. The molecular weight excluding hydrogens is 403 g/mol. The molecule has 3 nitrogen and oxygen atoms in total. The third-order valence-electron chi connectivity index (χ3n) is 4.58. The third-order valence-corrected chi connectivity index (χ3v) is 5.38. The minimum absolute atomic E-state index is 0.381. The summed E-state index contributed by atoms with van der Waals surface area (Å²) in [5.41, 5.74) is 2.82. The first-order valence-corrected chi connectivity index (χ1v) is 9.70. The summed E-state index contributed by atoms with van der Waals surface area (Å²) in [6, 6.07) is 19.0. The molecule has 4 aromatic rings. The van der Waals surface area contributed by atoms with E-state index in [0.29, 0.717) is 28.2 Å². The van der Waals surface area contributed by atoms with Crippen molar-refractivity contribution in [2.45, 2.75) is 12.6 Å². The lowest BCUT2D eigenvalue weighted by Gasteiger charge is -2.16. The lowest BCUT2D eigenvalue weighted by Crippen LogP contribution is -2.24. The Labute approximate surface area is 172 Å². The summed E-state index contributed by atoms with van der Waals surface area (Å²) in [7, 11) is 0. The van der Waals surface area contributed by atoms with Crippen LogP contribution in [0.15, 0.2) is 60.7 Å². The average Bonchev–Trinajstić information content (AvgIpc) is 2.93. The van der Waals surface area contributed by atoms with Crippen LogP contribution >= 0.6 is 34.8 Å². The van der Waals surface area contributed by atoms with Crippen molar-refractivity contribution in [3.05, 3.63) is 75.7 Å². The Bertz CT molecular complexity index is 1060. The zero-order valence-electron chi connectivity index (χ0n) is 14.3. The second kappa shape index (κ2) is 7.61. The van der Waals surface area contributed by atoms with E-state index in [1.165, 1.54) is 0 Å². The van der Waals surface area contributed by atoms with Crippen LogP contribution in [0.25, 0.3) is 21.8 Å². The Kier molecular flexibility index (Phi) is 5.20. The number of para-hydroxylation sites is 1. The monoisotopic (exact) mass is 418 g/mol. The summed E-state index contributed by atoms with van der Waals surface area (Å²) >= 11 is 18.5. The molecule has 0 amide bonds. The van der Waals surface area contributed by atoms with Crippen molar-refractivity contribution in [3.8, 4) is 0 Å². The number of halogens is 3. The second-order valence-electron chi connectivity index (χ2n) is 6.45. The Balaban J connectivity index is 1.65. The van der Waals surface area contributed by atoms with E-state index in [1.54, 1.807) is 0 Å². The molecule has 0 aliphatic heterocycles. The van der Waals surface area contributed by atoms with Crippen molar-refractivity contribution >= 4 is 62.3 Å². The van der Waals surface area contributed by atoms with Gasteiger partial charge in [-0.3, -0.25) is 0 Å². The minimum atomic E-state index is -0.605. The smallest absolute Gasteiger partial charge is 0.0891 e. The van der Waals surface area contributed by atoms with Gasteiger partial charge in [0.2, 0.25) is 0 Å². The van der Waals surface area contributed by atoms with Gasteiger partial charge >= 0.3 is 0 Å². The maximum atomic E-state index is 10.6. The molecule has 1 atom stereocenters. The molecule has 1 heterocycles. The number of aromatic nitrogens is 1. The van der Waals surface area contributed by atoms with Gasteiger partial charge in [0.25, 0.3) is 0 Å². The van der Waals surface area contributed by atoms with Gasteiger partial charge in [-0.15, -0.1) is 0 Å². The highest BCUT2D eigenvalue weighted by molar-refractivity contribution is 6.33. The highest BCUT2D eigenvalue weighted by Gasteiger charge is 2.15. The lowest BCUT2D eigenvalue weighted by atomic mass is 10.1. The summed E-state index contributed by atoms with van der Waals surface area (Å²) in [6.45, 7) is 0.812. The first kappa shape index (κ1) is 18.5. The molecule has 2 N–H and O–H groups in total. The van der Waals surface area contributed by atoms with Gasteiger partial charge < -0.3 is 15.0 Å². The van der Waals surface area contributed by atoms with E-state index in [4.69, 9.17) is 34.8 Å². The van der Waals surface area contributed by atoms with Crippen molar-refractivity contribution < 1.29 is 5.11 Å². The molecule has 1 unspecified atom stereocenters. The van der Waals surface area contributed by atoms with E-state index in [9.17, 15) is 5.11 Å². The highest BCUT2D eigenvalue weighted by Crippen LogP contribution is 2.33. The van der Waals surface area contributed by atoms with Crippen molar-refractivity contribution in [1.29, 1.82) is 0 Å². The molecular formula is C21H17Cl3N2O. The molecule has 0 fully saturated rings. The second-order valence-corrected chi connectivity index (χ2v) is 7.73. The molecule has 0 aliphatic rings. The van der Waals surface area contributed by atoms with E-state index < -0.39 is 6.10 Å².